The number of fused-ring (bicyclic) bond motifs is 3. The Morgan fingerprint density at radius 2 is 1.92 bits per heavy atom. The molecule has 2 saturated carbocycles. The molecule has 8 heteroatoms. The Balaban J connectivity index is 1.26. The Kier molecular flexibility index (Phi) is 3.41. The van der Waals surface area contributed by atoms with Gasteiger partial charge in [0.1, 0.15) is 12.1 Å². The van der Waals surface area contributed by atoms with Crippen molar-refractivity contribution in [3.8, 4) is 0 Å². The van der Waals surface area contributed by atoms with Gasteiger partial charge < -0.3 is 15.5 Å². The monoisotopic (exact) mass is 341 g/mol. The second-order valence-electron chi connectivity index (χ2n) is 7.57. The van der Waals surface area contributed by atoms with Crippen LogP contribution in [0.15, 0.2) is 18.5 Å². The molecular weight excluding hydrogens is 318 g/mol. The third-order valence-electron chi connectivity index (χ3n) is 6.33. The van der Waals surface area contributed by atoms with Gasteiger partial charge in [0, 0.05) is 32.2 Å². The largest absolute Gasteiger partial charge is 0.352 e. The van der Waals surface area contributed by atoms with E-state index in [1.54, 1.807) is 10.8 Å². The number of carbonyl (C=O) groups excluding carboxylic acids is 1. The Morgan fingerprint density at radius 3 is 2.68 bits per heavy atom. The molecule has 2 aliphatic carbocycles. The molecule has 4 unspecified atom stereocenters. The van der Waals surface area contributed by atoms with E-state index < -0.39 is 0 Å². The van der Waals surface area contributed by atoms with E-state index in [0.717, 1.165) is 44.1 Å². The van der Waals surface area contributed by atoms with Crippen molar-refractivity contribution in [1.82, 2.24) is 24.7 Å². The SMILES string of the molecule is NC1C2CCC(C2)C1C(=O)N1CCN(c2ccc3nncn3n2)CC1. The lowest BCUT2D eigenvalue weighted by atomic mass is 9.84. The van der Waals surface area contributed by atoms with E-state index in [4.69, 9.17) is 5.73 Å². The van der Waals surface area contributed by atoms with Crippen molar-refractivity contribution in [3.63, 3.8) is 0 Å². The summed E-state index contributed by atoms with van der Waals surface area (Å²) in [7, 11) is 0. The number of nitrogens with two attached hydrogens (primary N) is 1. The highest BCUT2D eigenvalue weighted by atomic mass is 16.2. The zero-order valence-electron chi connectivity index (χ0n) is 14.2. The zero-order valence-corrected chi connectivity index (χ0v) is 14.2. The summed E-state index contributed by atoms with van der Waals surface area (Å²) in [6.07, 6.45) is 5.15. The smallest absolute Gasteiger partial charge is 0.227 e. The van der Waals surface area contributed by atoms with Crippen LogP contribution in [0.1, 0.15) is 19.3 Å². The molecule has 1 saturated heterocycles. The lowest BCUT2D eigenvalue weighted by molar-refractivity contribution is -0.138. The van der Waals surface area contributed by atoms with Gasteiger partial charge in [-0.1, -0.05) is 0 Å². The van der Waals surface area contributed by atoms with Gasteiger partial charge in [-0.25, -0.2) is 0 Å². The molecule has 3 heterocycles. The third-order valence-corrected chi connectivity index (χ3v) is 6.33. The number of amides is 1. The van der Waals surface area contributed by atoms with E-state index in [1.165, 1.54) is 12.8 Å². The maximum absolute atomic E-state index is 13.0. The van der Waals surface area contributed by atoms with Gasteiger partial charge in [0.25, 0.3) is 0 Å². The number of carbonyl (C=O) groups is 1. The number of hydrogen-bond acceptors (Lipinski definition) is 6. The van der Waals surface area contributed by atoms with Gasteiger partial charge >= 0.3 is 0 Å². The normalized spacial score (nSPS) is 31.9. The van der Waals surface area contributed by atoms with Gasteiger partial charge in [-0.15, -0.1) is 15.3 Å². The van der Waals surface area contributed by atoms with Gasteiger partial charge in [-0.3, -0.25) is 4.79 Å². The number of anilines is 1. The van der Waals surface area contributed by atoms with Crippen molar-refractivity contribution >= 4 is 17.4 Å². The maximum Gasteiger partial charge on any atom is 0.227 e. The second-order valence-corrected chi connectivity index (χ2v) is 7.57. The van der Waals surface area contributed by atoms with Crippen LogP contribution >= 0.6 is 0 Å². The summed E-state index contributed by atoms with van der Waals surface area (Å²) < 4.78 is 1.68. The van der Waals surface area contributed by atoms with Crippen LogP contribution in [0, 0.1) is 17.8 Å². The van der Waals surface area contributed by atoms with Gasteiger partial charge in [0.15, 0.2) is 5.65 Å². The fourth-order valence-electron chi connectivity index (χ4n) is 4.96. The predicted molar refractivity (Wildman–Crippen MR) is 91.9 cm³/mol. The van der Waals surface area contributed by atoms with Crippen molar-refractivity contribution in [1.29, 1.82) is 0 Å². The quantitative estimate of drug-likeness (QED) is 0.836. The van der Waals surface area contributed by atoms with E-state index in [9.17, 15) is 4.79 Å². The predicted octanol–water partition coefficient (Wildman–Crippen LogP) is 0.146. The molecule has 132 valence electrons. The maximum atomic E-state index is 13.0. The minimum atomic E-state index is 0.0526. The minimum absolute atomic E-state index is 0.0526. The molecular formula is C17H23N7O. The molecule has 4 atom stereocenters. The first-order valence-corrected chi connectivity index (χ1v) is 9.17. The Labute approximate surface area is 146 Å². The fraction of sp³-hybridized carbons (Fsp3) is 0.647. The third kappa shape index (κ3) is 2.38. The molecule has 0 aromatic carbocycles. The molecule has 25 heavy (non-hydrogen) atoms. The van der Waals surface area contributed by atoms with Gasteiger partial charge in [-0.05, 0) is 43.2 Å². The van der Waals surface area contributed by atoms with Crippen molar-refractivity contribution < 1.29 is 4.79 Å². The summed E-state index contributed by atoms with van der Waals surface area (Å²) in [6, 6.07) is 3.95. The standard InChI is InChI=1S/C17H23N7O/c18-16-12-2-1-11(9-12)15(16)17(25)23-7-5-22(6-8-23)14-4-3-13-20-19-10-24(13)21-14/h3-4,10-12,15-16H,1-2,5-9,18H2. The minimum Gasteiger partial charge on any atom is -0.352 e. The molecule has 2 aromatic heterocycles. The Hall–Kier alpha value is -2.22. The number of rotatable bonds is 2. The molecule has 0 radical (unpaired) electrons. The molecule has 0 spiro atoms. The summed E-state index contributed by atoms with van der Waals surface area (Å²) >= 11 is 0. The molecule has 2 N–H and O–H groups in total. The highest BCUT2D eigenvalue weighted by Crippen LogP contribution is 2.48. The number of hydrogen-bond donors (Lipinski definition) is 1. The summed E-state index contributed by atoms with van der Waals surface area (Å²) in [5.74, 6) is 2.32. The molecule has 3 fully saturated rings. The highest BCUT2D eigenvalue weighted by molar-refractivity contribution is 5.81. The highest BCUT2D eigenvalue weighted by Gasteiger charge is 2.50. The van der Waals surface area contributed by atoms with E-state index in [-0.39, 0.29) is 17.9 Å². The van der Waals surface area contributed by atoms with Crippen LogP contribution in [0.4, 0.5) is 5.82 Å². The molecule has 3 aliphatic rings. The molecule has 1 amide bonds. The molecule has 2 aromatic rings. The van der Waals surface area contributed by atoms with Crippen LogP contribution < -0.4 is 10.6 Å². The fourth-order valence-corrected chi connectivity index (χ4v) is 4.96. The van der Waals surface area contributed by atoms with E-state index in [2.05, 4.69) is 20.2 Å². The first-order chi connectivity index (χ1) is 12.2. The lowest BCUT2D eigenvalue weighted by Gasteiger charge is -2.38. The number of aromatic nitrogens is 4. The van der Waals surface area contributed by atoms with Gasteiger partial charge in [0.2, 0.25) is 5.91 Å². The summed E-state index contributed by atoms with van der Waals surface area (Å²) in [5.41, 5.74) is 7.09. The zero-order chi connectivity index (χ0) is 17.0. The average molecular weight is 341 g/mol. The summed E-state index contributed by atoms with van der Waals surface area (Å²) in [4.78, 5) is 17.2. The van der Waals surface area contributed by atoms with Crippen LogP contribution in [0.25, 0.3) is 5.65 Å². The van der Waals surface area contributed by atoms with Crippen LogP contribution in [0.5, 0.6) is 0 Å². The number of nitrogens with zero attached hydrogens (tertiary/aromatic N) is 6. The van der Waals surface area contributed by atoms with Gasteiger partial charge in [0.05, 0.1) is 5.92 Å². The Bertz CT molecular complexity index is 795. The van der Waals surface area contributed by atoms with Crippen molar-refractivity contribution in [2.24, 2.45) is 23.5 Å². The van der Waals surface area contributed by atoms with Crippen LogP contribution in [0.2, 0.25) is 0 Å². The summed E-state index contributed by atoms with van der Waals surface area (Å²) in [6.45, 7) is 3.06. The van der Waals surface area contributed by atoms with E-state index in [0.29, 0.717) is 11.8 Å². The molecule has 1 aliphatic heterocycles. The Morgan fingerprint density at radius 1 is 1.12 bits per heavy atom. The van der Waals surface area contributed by atoms with Crippen molar-refractivity contribution in [3.05, 3.63) is 18.5 Å². The topological polar surface area (TPSA) is 92.7 Å². The lowest BCUT2D eigenvalue weighted by Crippen LogP contribution is -2.54. The molecule has 5 rings (SSSR count). The number of piperazine rings is 1. The molecule has 2 bridgehead atoms. The molecule has 8 nitrogen and oxygen atoms in total. The average Bonchev–Trinajstić information content (AvgIpc) is 3.36. The first kappa shape index (κ1) is 15.1. The van der Waals surface area contributed by atoms with Gasteiger partial charge in [-0.2, -0.15) is 4.52 Å². The van der Waals surface area contributed by atoms with E-state index in [1.807, 2.05) is 17.0 Å². The first-order valence-electron chi connectivity index (χ1n) is 9.17. The van der Waals surface area contributed by atoms with E-state index >= 15 is 0 Å². The van der Waals surface area contributed by atoms with Crippen molar-refractivity contribution in [2.45, 2.75) is 25.3 Å². The van der Waals surface area contributed by atoms with Crippen LogP contribution in [0.3, 0.4) is 0 Å². The second kappa shape index (κ2) is 5.66. The van der Waals surface area contributed by atoms with Crippen LogP contribution in [-0.4, -0.2) is 62.8 Å². The summed E-state index contributed by atoms with van der Waals surface area (Å²) in [5, 5.41) is 12.4. The van der Waals surface area contributed by atoms with Crippen LogP contribution in [-0.2, 0) is 4.79 Å². The van der Waals surface area contributed by atoms with Crippen molar-refractivity contribution in [2.75, 3.05) is 31.1 Å².